The predicted molar refractivity (Wildman–Crippen MR) is 129 cm³/mol. The van der Waals surface area contributed by atoms with Crippen LogP contribution in [0.15, 0.2) is 107 Å². The van der Waals surface area contributed by atoms with Crippen molar-refractivity contribution < 1.29 is 9.59 Å². The number of nitrogens with zero attached hydrogens (tertiary/aromatic N) is 1. The Hall–Kier alpha value is -3.24. The van der Waals surface area contributed by atoms with Gasteiger partial charge in [-0.15, -0.1) is 0 Å². The Kier molecular flexibility index (Phi) is 4.51. The molecule has 1 saturated heterocycles. The number of amides is 2. The molecule has 0 aromatic heterocycles. The fourth-order valence-corrected chi connectivity index (χ4v) is 6.06. The Morgan fingerprint density at radius 1 is 0.688 bits per heavy atom. The van der Waals surface area contributed by atoms with Crippen LogP contribution in [0.25, 0.3) is 5.57 Å². The fraction of sp³-hybridized carbons (Fsp3) is 0.143. The molecule has 2 bridgehead atoms. The van der Waals surface area contributed by atoms with E-state index in [0.717, 1.165) is 21.2 Å². The quantitative estimate of drug-likeness (QED) is 0.346. The van der Waals surface area contributed by atoms with Gasteiger partial charge in [0.2, 0.25) is 11.8 Å². The molecule has 3 aromatic carbocycles. The zero-order chi connectivity index (χ0) is 21.8. The molecule has 156 valence electrons. The number of halogens is 1. The Balaban J connectivity index is 1.49. The number of allylic oxidation sites excluding steroid dienone is 3. The van der Waals surface area contributed by atoms with E-state index in [0.29, 0.717) is 5.69 Å². The van der Waals surface area contributed by atoms with Crippen LogP contribution in [-0.2, 0) is 9.59 Å². The molecule has 6 rings (SSSR count). The van der Waals surface area contributed by atoms with Gasteiger partial charge in [0.25, 0.3) is 0 Å². The maximum atomic E-state index is 13.6. The van der Waals surface area contributed by atoms with E-state index >= 15 is 0 Å². The van der Waals surface area contributed by atoms with E-state index in [1.54, 1.807) is 0 Å². The van der Waals surface area contributed by atoms with Gasteiger partial charge in [-0.2, -0.15) is 0 Å². The summed E-state index contributed by atoms with van der Waals surface area (Å²) in [7, 11) is 0. The molecule has 3 aliphatic rings. The van der Waals surface area contributed by atoms with Gasteiger partial charge >= 0.3 is 0 Å². The minimum absolute atomic E-state index is 0.0611. The van der Waals surface area contributed by atoms with Crippen molar-refractivity contribution in [3.8, 4) is 0 Å². The highest BCUT2D eigenvalue weighted by Crippen LogP contribution is 2.58. The smallest absolute Gasteiger partial charge is 0.238 e. The lowest BCUT2D eigenvalue weighted by Crippen LogP contribution is -2.33. The molecule has 3 aromatic rings. The highest BCUT2D eigenvalue weighted by Gasteiger charge is 2.62. The lowest BCUT2D eigenvalue weighted by molar-refractivity contribution is -0.122. The van der Waals surface area contributed by atoms with Gasteiger partial charge in [0.1, 0.15) is 0 Å². The van der Waals surface area contributed by atoms with Gasteiger partial charge in [-0.3, -0.25) is 9.59 Å². The van der Waals surface area contributed by atoms with Crippen LogP contribution in [0.4, 0.5) is 5.69 Å². The molecule has 4 atom stereocenters. The fourth-order valence-electron chi connectivity index (χ4n) is 5.68. The van der Waals surface area contributed by atoms with Gasteiger partial charge < -0.3 is 0 Å². The maximum absolute atomic E-state index is 13.6. The van der Waals surface area contributed by atoms with Crippen LogP contribution >= 0.6 is 15.9 Å². The number of fused-ring (bicyclic) bond motifs is 5. The first-order valence-electron chi connectivity index (χ1n) is 10.8. The number of hydrogen-bond acceptors (Lipinski definition) is 2. The van der Waals surface area contributed by atoms with E-state index in [9.17, 15) is 9.59 Å². The summed E-state index contributed by atoms with van der Waals surface area (Å²) in [6, 6.07) is 28.0. The summed E-state index contributed by atoms with van der Waals surface area (Å²) < 4.78 is 0.852. The molecule has 0 unspecified atom stereocenters. The Morgan fingerprint density at radius 3 is 1.72 bits per heavy atom. The normalized spacial score (nSPS) is 25.5. The number of carbonyl (C=O) groups is 2. The molecule has 4 heteroatoms. The maximum Gasteiger partial charge on any atom is 0.238 e. The summed E-state index contributed by atoms with van der Waals surface area (Å²) >= 11 is 3.46. The first-order valence-corrected chi connectivity index (χ1v) is 11.6. The van der Waals surface area contributed by atoms with Crippen molar-refractivity contribution in [3.05, 3.63) is 118 Å². The van der Waals surface area contributed by atoms with Crippen molar-refractivity contribution in [1.29, 1.82) is 0 Å². The monoisotopic (exact) mass is 481 g/mol. The van der Waals surface area contributed by atoms with Crippen molar-refractivity contribution in [1.82, 2.24) is 0 Å². The van der Waals surface area contributed by atoms with Crippen LogP contribution in [0.5, 0.6) is 0 Å². The molecular weight excluding hydrogens is 462 g/mol. The number of rotatable bonds is 3. The molecule has 1 saturated carbocycles. The Labute approximate surface area is 195 Å². The number of benzene rings is 3. The summed E-state index contributed by atoms with van der Waals surface area (Å²) in [6.07, 6.45) is 4.28. The molecule has 1 heterocycles. The Bertz CT molecular complexity index is 1220. The highest BCUT2D eigenvalue weighted by molar-refractivity contribution is 9.10. The van der Waals surface area contributed by atoms with E-state index in [-0.39, 0.29) is 35.5 Å². The number of imide groups is 1. The van der Waals surface area contributed by atoms with Crippen LogP contribution in [-0.4, -0.2) is 11.8 Å². The molecule has 0 N–H and O–H groups in total. The molecule has 0 spiro atoms. The largest absolute Gasteiger partial charge is 0.274 e. The average molecular weight is 482 g/mol. The van der Waals surface area contributed by atoms with Crippen LogP contribution < -0.4 is 4.90 Å². The average Bonchev–Trinajstić information content (AvgIpc) is 3.45. The molecular formula is C28H20BrNO2. The second-order valence-corrected chi connectivity index (χ2v) is 9.46. The summed E-state index contributed by atoms with van der Waals surface area (Å²) in [5.74, 6) is -0.980. The zero-order valence-corrected chi connectivity index (χ0v) is 18.8. The van der Waals surface area contributed by atoms with Gasteiger partial charge in [0.05, 0.1) is 17.5 Å². The number of hydrogen-bond donors (Lipinski definition) is 0. The third-order valence-corrected chi connectivity index (χ3v) is 7.39. The van der Waals surface area contributed by atoms with Crippen molar-refractivity contribution in [2.24, 2.45) is 23.7 Å². The lowest BCUT2D eigenvalue weighted by Gasteiger charge is -2.21. The van der Waals surface area contributed by atoms with E-state index in [4.69, 9.17) is 0 Å². The SMILES string of the molecule is O=C1[C@H]2[C@H](C(=O)N1c1cccc(Br)c1)[C@@H]1C=C[C@@H]2C1=C(c1ccccc1)c1ccccc1. The van der Waals surface area contributed by atoms with E-state index in [1.807, 2.05) is 60.7 Å². The van der Waals surface area contributed by atoms with Crippen LogP contribution in [0.1, 0.15) is 11.1 Å². The molecule has 2 fully saturated rings. The second-order valence-electron chi connectivity index (χ2n) is 8.54. The summed E-state index contributed by atoms with van der Waals surface area (Å²) in [6.45, 7) is 0. The van der Waals surface area contributed by atoms with Gasteiger partial charge in [0.15, 0.2) is 0 Å². The van der Waals surface area contributed by atoms with Gasteiger partial charge in [-0.05, 0) is 40.5 Å². The highest BCUT2D eigenvalue weighted by atomic mass is 79.9. The van der Waals surface area contributed by atoms with Crippen molar-refractivity contribution in [3.63, 3.8) is 0 Å². The third kappa shape index (κ3) is 2.79. The van der Waals surface area contributed by atoms with Gasteiger partial charge in [-0.1, -0.05) is 94.8 Å². The Morgan fingerprint density at radius 2 is 1.22 bits per heavy atom. The predicted octanol–water partition coefficient (Wildman–Crippen LogP) is 5.87. The van der Waals surface area contributed by atoms with Gasteiger partial charge in [0, 0.05) is 16.3 Å². The van der Waals surface area contributed by atoms with Crippen LogP contribution in [0.2, 0.25) is 0 Å². The third-order valence-electron chi connectivity index (χ3n) is 6.90. The molecule has 2 aliphatic carbocycles. The summed E-state index contributed by atoms with van der Waals surface area (Å²) in [5, 5.41) is 0. The van der Waals surface area contributed by atoms with E-state index < -0.39 is 0 Å². The summed E-state index contributed by atoms with van der Waals surface area (Å²) in [5.41, 5.74) is 5.23. The van der Waals surface area contributed by atoms with Crippen molar-refractivity contribution in [2.75, 3.05) is 4.90 Å². The van der Waals surface area contributed by atoms with Gasteiger partial charge in [-0.25, -0.2) is 4.90 Å². The topological polar surface area (TPSA) is 37.4 Å². The first kappa shape index (κ1) is 19.4. The minimum Gasteiger partial charge on any atom is -0.274 e. The van der Waals surface area contributed by atoms with E-state index in [2.05, 4.69) is 52.3 Å². The molecule has 2 amide bonds. The van der Waals surface area contributed by atoms with Crippen molar-refractivity contribution in [2.45, 2.75) is 0 Å². The number of carbonyl (C=O) groups excluding carboxylic acids is 2. The summed E-state index contributed by atoms with van der Waals surface area (Å²) in [4.78, 5) is 28.5. The minimum atomic E-state index is -0.339. The first-order chi connectivity index (χ1) is 15.6. The number of anilines is 1. The van der Waals surface area contributed by atoms with Crippen LogP contribution in [0.3, 0.4) is 0 Å². The molecule has 1 aliphatic heterocycles. The lowest BCUT2D eigenvalue weighted by atomic mass is 9.85. The zero-order valence-electron chi connectivity index (χ0n) is 17.2. The van der Waals surface area contributed by atoms with E-state index in [1.165, 1.54) is 10.5 Å². The second kappa shape index (κ2) is 7.42. The van der Waals surface area contributed by atoms with Crippen molar-refractivity contribution >= 4 is 39.0 Å². The molecule has 32 heavy (non-hydrogen) atoms. The molecule has 0 radical (unpaired) electrons. The molecule has 3 nitrogen and oxygen atoms in total. The standard InChI is InChI=1S/C28H20BrNO2/c29-19-12-7-13-20(16-19)30-27(31)25-21-14-15-22(26(25)28(30)32)24(21)23(17-8-3-1-4-9-17)18-10-5-2-6-11-18/h1-16,21-22,25-26H/t21-,22-,25-,26-/m1/s1. The van der Waals surface area contributed by atoms with Crippen LogP contribution in [0, 0.1) is 23.7 Å².